The Labute approximate surface area is 113 Å². The zero-order chi connectivity index (χ0) is 12.5. The molecule has 0 aliphatic rings. The molecule has 0 heterocycles. The van der Waals surface area contributed by atoms with Gasteiger partial charge in [-0.25, -0.2) is 0 Å². The van der Waals surface area contributed by atoms with Crippen molar-refractivity contribution in [2.24, 2.45) is 0 Å². The van der Waals surface area contributed by atoms with Crippen molar-refractivity contribution in [3.63, 3.8) is 0 Å². The summed E-state index contributed by atoms with van der Waals surface area (Å²) in [5.41, 5.74) is 1.31. The average Bonchev–Trinajstić information content (AvgIpc) is 2.34. The molecular formula is C14H22BrNO. The lowest BCUT2D eigenvalue weighted by atomic mass is 10.1. The van der Waals surface area contributed by atoms with Gasteiger partial charge in [0.15, 0.2) is 0 Å². The van der Waals surface area contributed by atoms with Crippen molar-refractivity contribution in [2.45, 2.75) is 32.7 Å². The first-order valence-corrected chi connectivity index (χ1v) is 7.10. The quantitative estimate of drug-likeness (QED) is 0.735. The molecule has 1 atom stereocenters. The van der Waals surface area contributed by atoms with E-state index in [1.54, 1.807) is 0 Å². The molecule has 3 heteroatoms. The first-order chi connectivity index (χ1) is 8.25. The predicted molar refractivity (Wildman–Crippen MR) is 76.3 cm³/mol. The van der Waals surface area contributed by atoms with Crippen molar-refractivity contribution in [1.29, 1.82) is 0 Å². The van der Waals surface area contributed by atoms with E-state index in [1.807, 2.05) is 6.07 Å². The van der Waals surface area contributed by atoms with Gasteiger partial charge < -0.3 is 10.1 Å². The van der Waals surface area contributed by atoms with Crippen LogP contribution in [0.2, 0.25) is 0 Å². The van der Waals surface area contributed by atoms with Gasteiger partial charge in [-0.15, -0.1) is 0 Å². The molecule has 0 bridgehead atoms. The first-order valence-electron chi connectivity index (χ1n) is 6.31. The third-order valence-corrected chi connectivity index (χ3v) is 3.36. The Bertz CT molecular complexity index is 317. The van der Waals surface area contributed by atoms with Crippen LogP contribution in [0.4, 0.5) is 0 Å². The third kappa shape index (κ3) is 5.66. The Balaban J connectivity index is 2.21. The van der Waals surface area contributed by atoms with Gasteiger partial charge in [-0.3, -0.25) is 0 Å². The lowest BCUT2D eigenvalue weighted by Crippen LogP contribution is -2.21. The minimum atomic E-state index is 0.372. The van der Waals surface area contributed by atoms with Crippen LogP contribution in [0.1, 0.15) is 38.3 Å². The predicted octanol–water partition coefficient (Wildman–Crippen LogP) is 3.92. The van der Waals surface area contributed by atoms with Crippen molar-refractivity contribution >= 4 is 15.9 Å². The van der Waals surface area contributed by atoms with Crippen LogP contribution in [0.15, 0.2) is 28.7 Å². The standard InChI is InChI=1S/C14H22BrNO/c1-3-10-17-11-6-9-16-12(2)13-7-4-5-8-14(13)15/h4-5,7-8,12,16H,3,6,9-11H2,1-2H3. The Morgan fingerprint density at radius 1 is 1.29 bits per heavy atom. The summed E-state index contributed by atoms with van der Waals surface area (Å²) < 4.78 is 6.61. The van der Waals surface area contributed by atoms with E-state index in [-0.39, 0.29) is 0 Å². The summed E-state index contributed by atoms with van der Waals surface area (Å²) in [4.78, 5) is 0. The molecule has 1 unspecified atom stereocenters. The van der Waals surface area contributed by atoms with E-state index in [9.17, 15) is 0 Å². The summed E-state index contributed by atoms with van der Waals surface area (Å²) in [6.07, 6.45) is 2.16. The number of rotatable bonds is 8. The van der Waals surface area contributed by atoms with Gasteiger partial charge in [0, 0.05) is 23.7 Å². The average molecular weight is 300 g/mol. The number of benzene rings is 1. The zero-order valence-electron chi connectivity index (χ0n) is 10.7. The fourth-order valence-corrected chi connectivity index (χ4v) is 2.30. The van der Waals surface area contributed by atoms with Crippen LogP contribution in [0.3, 0.4) is 0 Å². The highest BCUT2D eigenvalue weighted by atomic mass is 79.9. The lowest BCUT2D eigenvalue weighted by molar-refractivity contribution is 0.132. The minimum absolute atomic E-state index is 0.372. The van der Waals surface area contributed by atoms with Gasteiger partial charge >= 0.3 is 0 Å². The molecule has 2 nitrogen and oxygen atoms in total. The van der Waals surface area contributed by atoms with E-state index >= 15 is 0 Å². The molecule has 1 aromatic carbocycles. The van der Waals surface area contributed by atoms with Gasteiger partial charge in [-0.05, 0) is 37.9 Å². The fraction of sp³-hybridized carbons (Fsp3) is 0.571. The van der Waals surface area contributed by atoms with Crippen molar-refractivity contribution < 1.29 is 4.74 Å². The summed E-state index contributed by atoms with van der Waals surface area (Å²) in [6.45, 7) is 7.04. The van der Waals surface area contributed by atoms with Crippen LogP contribution in [-0.2, 0) is 4.74 Å². The molecule has 0 aliphatic carbocycles. The normalized spacial score (nSPS) is 12.6. The largest absolute Gasteiger partial charge is 0.381 e. The summed E-state index contributed by atoms with van der Waals surface area (Å²) in [7, 11) is 0. The molecule has 0 fully saturated rings. The van der Waals surface area contributed by atoms with Gasteiger partial charge in [-0.2, -0.15) is 0 Å². The Kier molecular flexibility index (Phi) is 7.49. The van der Waals surface area contributed by atoms with E-state index in [2.05, 4.69) is 53.3 Å². The molecule has 96 valence electrons. The van der Waals surface area contributed by atoms with E-state index in [1.165, 1.54) is 10.0 Å². The van der Waals surface area contributed by atoms with Crippen LogP contribution < -0.4 is 5.32 Å². The molecule has 0 saturated heterocycles. The zero-order valence-corrected chi connectivity index (χ0v) is 12.3. The molecule has 0 aromatic heterocycles. The second-order valence-corrected chi connectivity index (χ2v) is 5.02. The lowest BCUT2D eigenvalue weighted by Gasteiger charge is -2.15. The number of halogens is 1. The Morgan fingerprint density at radius 3 is 2.76 bits per heavy atom. The maximum Gasteiger partial charge on any atom is 0.0478 e. The number of ether oxygens (including phenoxy) is 1. The van der Waals surface area contributed by atoms with E-state index < -0.39 is 0 Å². The highest BCUT2D eigenvalue weighted by Gasteiger charge is 2.06. The van der Waals surface area contributed by atoms with Crippen molar-refractivity contribution in [1.82, 2.24) is 5.32 Å². The van der Waals surface area contributed by atoms with Gasteiger partial charge in [-0.1, -0.05) is 41.1 Å². The first kappa shape index (κ1) is 14.7. The molecule has 17 heavy (non-hydrogen) atoms. The van der Waals surface area contributed by atoms with Crippen LogP contribution in [-0.4, -0.2) is 19.8 Å². The van der Waals surface area contributed by atoms with E-state index in [0.717, 1.165) is 32.6 Å². The summed E-state index contributed by atoms with van der Waals surface area (Å²) >= 11 is 3.58. The summed E-state index contributed by atoms with van der Waals surface area (Å²) in [5.74, 6) is 0. The van der Waals surface area contributed by atoms with E-state index in [4.69, 9.17) is 4.74 Å². The van der Waals surface area contributed by atoms with Gasteiger partial charge in [0.1, 0.15) is 0 Å². The second-order valence-electron chi connectivity index (χ2n) is 4.16. The van der Waals surface area contributed by atoms with Crippen LogP contribution in [0, 0.1) is 0 Å². The van der Waals surface area contributed by atoms with Crippen LogP contribution in [0.5, 0.6) is 0 Å². The number of hydrogen-bond donors (Lipinski definition) is 1. The molecular weight excluding hydrogens is 278 g/mol. The van der Waals surface area contributed by atoms with Gasteiger partial charge in [0.25, 0.3) is 0 Å². The Morgan fingerprint density at radius 2 is 2.06 bits per heavy atom. The molecule has 0 radical (unpaired) electrons. The SMILES string of the molecule is CCCOCCCNC(C)c1ccccc1Br. The highest BCUT2D eigenvalue weighted by Crippen LogP contribution is 2.22. The number of hydrogen-bond acceptors (Lipinski definition) is 2. The molecule has 1 rings (SSSR count). The molecule has 0 amide bonds. The van der Waals surface area contributed by atoms with Crippen LogP contribution in [0.25, 0.3) is 0 Å². The van der Waals surface area contributed by atoms with Crippen molar-refractivity contribution in [3.05, 3.63) is 34.3 Å². The number of nitrogens with one attached hydrogen (secondary N) is 1. The maximum absolute atomic E-state index is 5.44. The highest BCUT2D eigenvalue weighted by molar-refractivity contribution is 9.10. The van der Waals surface area contributed by atoms with Gasteiger partial charge in [0.2, 0.25) is 0 Å². The third-order valence-electron chi connectivity index (χ3n) is 2.64. The molecule has 0 aliphatic heterocycles. The van der Waals surface area contributed by atoms with Crippen molar-refractivity contribution in [3.8, 4) is 0 Å². The Hall–Kier alpha value is -0.380. The molecule has 1 aromatic rings. The minimum Gasteiger partial charge on any atom is -0.381 e. The smallest absolute Gasteiger partial charge is 0.0478 e. The maximum atomic E-state index is 5.44. The molecule has 0 spiro atoms. The summed E-state index contributed by atoms with van der Waals surface area (Å²) in [6, 6.07) is 8.71. The fourth-order valence-electron chi connectivity index (χ4n) is 1.68. The topological polar surface area (TPSA) is 21.3 Å². The summed E-state index contributed by atoms with van der Waals surface area (Å²) in [5, 5.41) is 3.51. The molecule has 1 N–H and O–H groups in total. The monoisotopic (exact) mass is 299 g/mol. The second kappa shape index (κ2) is 8.67. The van der Waals surface area contributed by atoms with Gasteiger partial charge in [0.05, 0.1) is 0 Å². The molecule has 0 saturated carbocycles. The van der Waals surface area contributed by atoms with E-state index in [0.29, 0.717) is 6.04 Å². The van der Waals surface area contributed by atoms with Crippen LogP contribution >= 0.6 is 15.9 Å². The van der Waals surface area contributed by atoms with Crippen molar-refractivity contribution in [2.75, 3.05) is 19.8 Å².